The molecule has 1 atom stereocenters. The van der Waals surface area contributed by atoms with Gasteiger partial charge in [-0.25, -0.2) is 0 Å². The maximum absolute atomic E-state index is 4.11. The number of likely N-dealkylation sites (N-methyl/N-ethyl adjacent to an activating group) is 2. The molecule has 0 bridgehead atoms. The number of nitrogens with one attached hydrogen (secondary N) is 1. The minimum Gasteiger partial charge on any atom is -0.315 e. The van der Waals surface area contributed by atoms with E-state index in [0.29, 0.717) is 6.04 Å². The van der Waals surface area contributed by atoms with E-state index >= 15 is 0 Å². The maximum atomic E-state index is 4.11. The normalized spacial score (nSPS) is 13.1. The van der Waals surface area contributed by atoms with Crippen molar-refractivity contribution in [2.75, 3.05) is 27.7 Å². The van der Waals surface area contributed by atoms with Gasteiger partial charge in [0.05, 0.1) is 0 Å². The summed E-state index contributed by atoms with van der Waals surface area (Å²) in [6, 6.07) is 4.60. The smallest absolute Gasteiger partial charge is 0.0300 e. The van der Waals surface area contributed by atoms with Gasteiger partial charge < -0.3 is 10.2 Å². The Labute approximate surface area is 86.2 Å². The molecule has 0 aliphatic heterocycles. The number of nitrogens with zero attached hydrogens (tertiary/aromatic N) is 2. The highest BCUT2D eigenvalue weighted by Crippen LogP contribution is 2.01. The molecule has 78 valence electrons. The van der Waals surface area contributed by atoms with E-state index in [1.807, 2.05) is 25.5 Å². The second kappa shape index (κ2) is 5.73. The highest BCUT2D eigenvalue weighted by molar-refractivity contribution is 5.10. The molecule has 1 aromatic heterocycles. The first-order chi connectivity index (χ1) is 6.72. The molecule has 0 aromatic carbocycles. The SMILES string of the molecule is CNC(Cc1cccnc1)CN(C)C. The average molecular weight is 193 g/mol. The van der Waals surface area contributed by atoms with Crippen LogP contribution in [0.25, 0.3) is 0 Å². The predicted molar refractivity (Wildman–Crippen MR) is 59.3 cm³/mol. The third-order valence-electron chi connectivity index (χ3n) is 2.20. The predicted octanol–water partition coefficient (Wildman–Crippen LogP) is 0.774. The molecule has 0 fully saturated rings. The maximum Gasteiger partial charge on any atom is 0.0300 e. The van der Waals surface area contributed by atoms with Gasteiger partial charge in [-0.15, -0.1) is 0 Å². The van der Waals surface area contributed by atoms with Gasteiger partial charge >= 0.3 is 0 Å². The summed E-state index contributed by atoms with van der Waals surface area (Å²) in [5.74, 6) is 0. The molecular formula is C11H19N3. The lowest BCUT2D eigenvalue weighted by molar-refractivity contribution is 0.346. The fourth-order valence-electron chi connectivity index (χ4n) is 1.50. The van der Waals surface area contributed by atoms with Crippen LogP contribution in [0.2, 0.25) is 0 Å². The van der Waals surface area contributed by atoms with Crippen LogP contribution in [-0.4, -0.2) is 43.6 Å². The summed E-state index contributed by atoms with van der Waals surface area (Å²) in [5.41, 5.74) is 1.29. The fraction of sp³-hybridized carbons (Fsp3) is 0.545. The summed E-state index contributed by atoms with van der Waals surface area (Å²) >= 11 is 0. The van der Waals surface area contributed by atoms with Crippen molar-refractivity contribution in [2.45, 2.75) is 12.5 Å². The molecule has 1 N–H and O–H groups in total. The Balaban J connectivity index is 2.48. The summed E-state index contributed by atoms with van der Waals surface area (Å²) in [6.07, 6.45) is 4.77. The Hall–Kier alpha value is -0.930. The van der Waals surface area contributed by atoms with Crippen LogP contribution in [0.3, 0.4) is 0 Å². The van der Waals surface area contributed by atoms with Crippen LogP contribution in [-0.2, 0) is 6.42 Å². The first-order valence-electron chi connectivity index (χ1n) is 4.93. The zero-order chi connectivity index (χ0) is 10.4. The Bertz CT molecular complexity index is 246. The minimum absolute atomic E-state index is 0.495. The third kappa shape index (κ3) is 3.85. The van der Waals surface area contributed by atoms with E-state index in [-0.39, 0.29) is 0 Å². The Morgan fingerprint density at radius 3 is 2.79 bits per heavy atom. The van der Waals surface area contributed by atoms with E-state index in [1.165, 1.54) is 5.56 Å². The molecular weight excluding hydrogens is 174 g/mol. The van der Waals surface area contributed by atoms with Gasteiger partial charge in [0.15, 0.2) is 0 Å². The lowest BCUT2D eigenvalue weighted by Gasteiger charge is -2.20. The van der Waals surface area contributed by atoms with E-state index in [4.69, 9.17) is 0 Å². The minimum atomic E-state index is 0.495. The standard InChI is InChI=1S/C11H19N3/c1-12-11(9-14(2)3)7-10-5-4-6-13-8-10/h4-6,8,11-12H,7,9H2,1-3H3. The molecule has 0 saturated carbocycles. The van der Waals surface area contributed by atoms with Crippen molar-refractivity contribution in [1.29, 1.82) is 0 Å². The van der Waals surface area contributed by atoms with E-state index in [9.17, 15) is 0 Å². The van der Waals surface area contributed by atoms with Crippen LogP contribution in [0.5, 0.6) is 0 Å². The Morgan fingerprint density at radius 2 is 2.29 bits per heavy atom. The van der Waals surface area contributed by atoms with Crippen molar-refractivity contribution in [3.05, 3.63) is 30.1 Å². The van der Waals surface area contributed by atoms with Gasteiger partial charge in [-0.3, -0.25) is 4.98 Å². The van der Waals surface area contributed by atoms with Gasteiger partial charge in [0.1, 0.15) is 0 Å². The number of pyridine rings is 1. The summed E-state index contributed by atoms with van der Waals surface area (Å²) in [4.78, 5) is 6.30. The van der Waals surface area contributed by atoms with Gasteiger partial charge in [0.25, 0.3) is 0 Å². The van der Waals surface area contributed by atoms with E-state index in [0.717, 1.165) is 13.0 Å². The summed E-state index contributed by atoms with van der Waals surface area (Å²) < 4.78 is 0. The highest BCUT2D eigenvalue weighted by Gasteiger charge is 2.07. The van der Waals surface area contributed by atoms with Gasteiger partial charge in [0.2, 0.25) is 0 Å². The topological polar surface area (TPSA) is 28.2 Å². The second-order valence-electron chi connectivity index (χ2n) is 3.81. The molecule has 14 heavy (non-hydrogen) atoms. The molecule has 0 saturated heterocycles. The van der Waals surface area contributed by atoms with E-state index in [2.05, 4.69) is 35.4 Å². The van der Waals surface area contributed by atoms with Crippen LogP contribution < -0.4 is 5.32 Å². The van der Waals surface area contributed by atoms with E-state index in [1.54, 1.807) is 0 Å². The molecule has 1 aromatic rings. The van der Waals surface area contributed by atoms with Crippen LogP contribution in [0, 0.1) is 0 Å². The first kappa shape index (κ1) is 11.1. The molecule has 3 heteroatoms. The molecule has 0 aliphatic rings. The summed E-state index contributed by atoms with van der Waals surface area (Å²) in [6.45, 7) is 1.05. The number of hydrogen-bond donors (Lipinski definition) is 1. The Morgan fingerprint density at radius 1 is 1.50 bits per heavy atom. The van der Waals surface area contributed by atoms with Crippen LogP contribution in [0.1, 0.15) is 5.56 Å². The monoisotopic (exact) mass is 193 g/mol. The first-order valence-corrected chi connectivity index (χ1v) is 4.93. The molecule has 1 rings (SSSR count). The van der Waals surface area contributed by atoms with Crippen molar-refractivity contribution in [3.8, 4) is 0 Å². The molecule has 0 aliphatic carbocycles. The lowest BCUT2D eigenvalue weighted by atomic mass is 10.1. The molecule has 0 amide bonds. The zero-order valence-corrected chi connectivity index (χ0v) is 9.20. The van der Waals surface area contributed by atoms with Crippen molar-refractivity contribution in [2.24, 2.45) is 0 Å². The molecule has 1 heterocycles. The lowest BCUT2D eigenvalue weighted by Crippen LogP contribution is -2.37. The molecule has 1 unspecified atom stereocenters. The van der Waals surface area contributed by atoms with Crippen LogP contribution in [0.15, 0.2) is 24.5 Å². The third-order valence-corrected chi connectivity index (χ3v) is 2.20. The molecule has 0 radical (unpaired) electrons. The van der Waals surface area contributed by atoms with Crippen molar-refractivity contribution < 1.29 is 0 Å². The fourth-order valence-corrected chi connectivity index (χ4v) is 1.50. The van der Waals surface area contributed by atoms with Crippen LogP contribution in [0.4, 0.5) is 0 Å². The van der Waals surface area contributed by atoms with E-state index < -0.39 is 0 Å². The Kier molecular flexibility index (Phi) is 4.56. The zero-order valence-electron chi connectivity index (χ0n) is 9.20. The highest BCUT2D eigenvalue weighted by atomic mass is 15.1. The van der Waals surface area contributed by atoms with Gasteiger partial charge in [-0.1, -0.05) is 6.07 Å². The van der Waals surface area contributed by atoms with Gasteiger partial charge in [-0.2, -0.15) is 0 Å². The molecule has 3 nitrogen and oxygen atoms in total. The quantitative estimate of drug-likeness (QED) is 0.749. The van der Waals surface area contributed by atoms with Gasteiger partial charge in [0, 0.05) is 25.0 Å². The summed E-state index contributed by atoms with van der Waals surface area (Å²) in [7, 11) is 6.19. The number of rotatable bonds is 5. The summed E-state index contributed by atoms with van der Waals surface area (Å²) in [5, 5.41) is 3.31. The number of aromatic nitrogens is 1. The van der Waals surface area contributed by atoms with Crippen molar-refractivity contribution >= 4 is 0 Å². The van der Waals surface area contributed by atoms with Crippen molar-refractivity contribution in [1.82, 2.24) is 15.2 Å². The number of hydrogen-bond acceptors (Lipinski definition) is 3. The van der Waals surface area contributed by atoms with Gasteiger partial charge in [-0.05, 0) is 39.2 Å². The largest absolute Gasteiger partial charge is 0.315 e. The van der Waals surface area contributed by atoms with Crippen molar-refractivity contribution in [3.63, 3.8) is 0 Å². The van der Waals surface area contributed by atoms with Crippen LogP contribution >= 0.6 is 0 Å². The molecule has 0 spiro atoms. The second-order valence-corrected chi connectivity index (χ2v) is 3.81. The average Bonchev–Trinajstić information content (AvgIpc) is 2.17.